The second-order valence-electron chi connectivity index (χ2n) is 3.93. The molecule has 0 saturated heterocycles. The van der Waals surface area contributed by atoms with Crippen LogP contribution in [0.4, 0.5) is 0 Å². The maximum atomic E-state index is 11.5. The van der Waals surface area contributed by atoms with Crippen LogP contribution in [0.25, 0.3) is 0 Å². The largest absolute Gasteiger partial charge is 0.466 e. The summed E-state index contributed by atoms with van der Waals surface area (Å²) in [6.07, 6.45) is 4.30. The summed E-state index contributed by atoms with van der Waals surface area (Å²) in [7, 11) is 0. The molecule has 0 amide bonds. The predicted molar refractivity (Wildman–Crippen MR) is 69.5 cm³/mol. The van der Waals surface area contributed by atoms with E-state index in [0.717, 1.165) is 11.1 Å². The van der Waals surface area contributed by atoms with E-state index in [9.17, 15) is 9.59 Å². The van der Waals surface area contributed by atoms with Gasteiger partial charge in [-0.2, -0.15) is 0 Å². The number of esters is 2. The lowest BCUT2D eigenvalue weighted by Crippen LogP contribution is -2.11. The Kier molecular flexibility index (Phi) is 6.57. The third-order valence-electron chi connectivity index (χ3n) is 2.55. The summed E-state index contributed by atoms with van der Waals surface area (Å²) in [5.41, 5.74) is 1.72. The molecule has 19 heavy (non-hydrogen) atoms. The molecule has 1 aromatic rings. The summed E-state index contributed by atoms with van der Waals surface area (Å²) in [6.45, 7) is 4.28. The second kappa shape index (κ2) is 8.24. The van der Waals surface area contributed by atoms with Crippen LogP contribution >= 0.6 is 0 Å². The highest BCUT2D eigenvalue weighted by Crippen LogP contribution is 2.11. The van der Waals surface area contributed by atoms with E-state index in [2.05, 4.69) is 4.98 Å². The summed E-state index contributed by atoms with van der Waals surface area (Å²) in [4.78, 5) is 26.8. The van der Waals surface area contributed by atoms with Crippen LogP contribution in [0.2, 0.25) is 0 Å². The zero-order valence-corrected chi connectivity index (χ0v) is 11.3. The first-order valence-corrected chi connectivity index (χ1v) is 6.40. The molecule has 0 radical (unpaired) electrons. The number of rotatable bonds is 7. The lowest BCUT2D eigenvalue weighted by Gasteiger charge is -2.08. The van der Waals surface area contributed by atoms with Crippen LogP contribution in [0.5, 0.6) is 0 Å². The molecule has 1 rings (SSSR count). The molecular weight excluding hydrogens is 246 g/mol. The van der Waals surface area contributed by atoms with E-state index in [1.165, 1.54) is 0 Å². The van der Waals surface area contributed by atoms with Crippen LogP contribution in [0.1, 0.15) is 31.4 Å². The Labute approximate surface area is 112 Å². The van der Waals surface area contributed by atoms with Crippen molar-refractivity contribution in [1.82, 2.24) is 4.98 Å². The van der Waals surface area contributed by atoms with Gasteiger partial charge in [0.1, 0.15) is 0 Å². The molecule has 0 bridgehead atoms. The number of hydrogen-bond acceptors (Lipinski definition) is 5. The van der Waals surface area contributed by atoms with Crippen LogP contribution in [-0.2, 0) is 31.9 Å². The van der Waals surface area contributed by atoms with Gasteiger partial charge in [0.25, 0.3) is 0 Å². The standard InChI is InChI=1S/C14H19NO4/c1-3-18-13(16)6-5-11-7-8-15-10-12(11)9-14(17)19-4-2/h7-8,10H,3-6,9H2,1-2H3. The van der Waals surface area contributed by atoms with Gasteiger partial charge in [-0.05, 0) is 37.5 Å². The zero-order valence-electron chi connectivity index (χ0n) is 11.3. The molecular formula is C14H19NO4. The molecule has 0 aromatic carbocycles. The van der Waals surface area contributed by atoms with E-state index in [4.69, 9.17) is 9.47 Å². The van der Waals surface area contributed by atoms with E-state index in [0.29, 0.717) is 26.1 Å². The average Bonchev–Trinajstić information content (AvgIpc) is 2.38. The Morgan fingerprint density at radius 2 is 1.79 bits per heavy atom. The Morgan fingerprint density at radius 1 is 1.11 bits per heavy atom. The first-order valence-electron chi connectivity index (χ1n) is 6.40. The van der Waals surface area contributed by atoms with Crippen molar-refractivity contribution < 1.29 is 19.1 Å². The van der Waals surface area contributed by atoms with Gasteiger partial charge in [-0.15, -0.1) is 0 Å². The summed E-state index contributed by atoms with van der Waals surface area (Å²) in [5, 5.41) is 0. The fraction of sp³-hybridized carbons (Fsp3) is 0.500. The fourth-order valence-corrected chi connectivity index (χ4v) is 1.70. The minimum atomic E-state index is -0.284. The molecule has 0 aliphatic heterocycles. The minimum absolute atomic E-state index is 0.180. The highest BCUT2D eigenvalue weighted by molar-refractivity contribution is 5.73. The lowest BCUT2D eigenvalue weighted by atomic mass is 10.0. The van der Waals surface area contributed by atoms with Crippen molar-refractivity contribution >= 4 is 11.9 Å². The highest BCUT2D eigenvalue weighted by atomic mass is 16.5. The number of ether oxygens (including phenoxy) is 2. The van der Waals surface area contributed by atoms with Crippen LogP contribution in [0.3, 0.4) is 0 Å². The molecule has 0 fully saturated rings. The number of hydrogen-bond donors (Lipinski definition) is 0. The van der Waals surface area contributed by atoms with Gasteiger partial charge in [-0.25, -0.2) is 0 Å². The molecule has 0 atom stereocenters. The molecule has 1 heterocycles. The molecule has 0 unspecified atom stereocenters. The van der Waals surface area contributed by atoms with E-state index in [-0.39, 0.29) is 18.4 Å². The van der Waals surface area contributed by atoms with Gasteiger partial charge in [0.05, 0.1) is 19.6 Å². The third-order valence-corrected chi connectivity index (χ3v) is 2.55. The average molecular weight is 265 g/mol. The Bertz CT molecular complexity index is 431. The molecule has 1 aromatic heterocycles. The molecule has 0 aliphatic rings. The van der Waals surface area contributed by atoms with Gasteiger partial charge in [0, 0.05) is 18.8 Å². The van der Waals surface area contributed by atoms with Crippen LogP contribution in [0.15, 0.2) is 18.5 Å². The minimum Gasteiger partial charge on any atom is -0.466 e. The van der Waals surface area contributed by atoms with E-state index in [1.54, 1.807) is 26.2 Å². The van der Waals surface area contributed by atoms with Gasteiger partial charge in [0.15, 0.2) is 0 Å². The summed E-state index contributed by atoms with van der Waals surface area (Å²) < 4.78 is 9.78. The van der Waals surface area contributed by atoms with Crippen molar-refractivity contribution in [2.24, 2.45) is 0 Å². The Hall–Kier alpha value is -1.91. The normalized spacial score (nSPS) is 10.0. The molecule has 5 nitrogen and oxygen atoms in total. The van der Waals surface area contributed by atoms with Crippen molar-refractivity contribution in [3.8, 4) is 0 Å². The molecule has 104 valence electrons. The number of aryl methyl sites for hydroxylation is 1. The zero-order chi connectivity index (χ0) is 14.1. The summed E-state index contributed by atoms with van der Waals surface area (Å²) in [5.74, 6) is -0.519. The Morgan fingerprint density at radius 3 is 2.47 bits per heavy atom. The van der Waals surface area contributed by atoms with E-state index >= 15 is 0 Å². The Balaban J connectivity index is 2.62. The highest BCUT2D eigenvalue weighted by Gasteiger charge is 2.10. The second-order valence-corrected chi connectivity index (χ2v) is 3.93. The molecule has 0 spiro atoms. The number of carbonyl (C=O) groups is 2. The quantitative estimate of drug-likeness (QED) is 0.702. The van der Waals surface area contributed by atoms with Crippen LogP contribution < -0.4 is 0 Å². The maximum absolute atomic E-state index is 11.5. The summed E-state index contributed by atoms with van der Waals surface area (Å²) >= 11 is 0. The fourth-order valence-electron chi connectivity index (χ4n) is 1.70. The van der Waals surface area contributed by atoms with Crippen molar-refractivity contribution in [3.63, 3.8) is 0 Å². The number of aromatic nitrogens is 1. The van der Waals surface area contributed by atoms with Gasteiger partial charge >= 0.3 is 11.9 Å². The number of carbonyl (C=O) groups excluding carboxylic acids is 2. The van der Waals surface area contributed by atoms with Crippen LogP contribution in [-0.4, -0.2) is 30.1 Å². The third kappa shape index (κ3) is 5.50. The topological polar surface area (TPSA) is 65.5 Å². The smallest absolute Gasteiger partial charge is 0.310 e. The van der Waals surface area contributed by atoms with Crippen molar-refractivity contribution in [2.45, 2.75) is 33.1 Å². The van der Waals surface area contributed by atoms with Gasteiger partial charge in [0.2, 0.25) is 0 Å². The predicted octanol–water partition coefficient (Wildman–Crippen LogP) is 1.68. The molecule has 0 saturated carbocycles. The van der Waals surface area contributed by atoms with Crippen molar-refractivity contribution in [2.75, 3.05) is 13.2 Å². The molecule has 0 aliphatic carbocycles. The van der Waals surface area contributed by atoms with Gasteiger partial charge in [-0.3, -0.25) is 14.6 Å². The first-order chi connectivity index (χ1) is 9.17. The summed E-state index contributed by atoms with van der Waals surface area (Å²) in [6, 6.07) is 1.81. The maximum Gasteiger partial charge on any atom is 0.310 e. The van der Waals surface area contributed by atoms with Gasteiger partial charge in [-0.1, -0.05) is 0 Å². The lowest BCUT2D eigenvalue weighted by molar-refractivity contribution is -0.143. The van der Waals surface area contributed by atoms with Crippen LogP contribution in [0, 0.1) is 0 Å². The SMILES string of the molecule is CCOC(=O)CCc1ccncc1CC(=O)OCC. The molecule has 0 N–H and O–H groups in total. The van der Waals surface area contributed by atoms with Crippen molar-refractivity contribution in [1.29, 1.82) is 0 Å². The molecule has 5 heteroatoms. The number of nitrogens with zero attached hydrogens (tertiary/aromatic N) is 1. The van der Waals surface area contributed by atoms with E-state index in [1.807, 2.05) is 6.07 Å². The first kappa shape index (κ1) is 15.1. The van der Waals surface area contributed by atoms with Crippen molar-refractivity contribution in [3.05, 3.63) is 29.6 Å². The monoisotopic (exact) mass is 265 g/mol. The van der Waals surface area contributed by atoms with Gasteiger partial charge < -0.3 is 9.47 Å². The van der Waals surface area contributed by atoms with E-state index < -0.39 is 0 Å². The number of pyridine rings is 1.